The Balaban J connectivity index is 2.45. The van der Waals surface area contributed by atoms with Gasteiger partial charge in [0.05, 0.1) is 10.7 Å². The van der Waals surface area contributed by atoms with Crippen LogP contribution in [0.4, 0.5) is 11.4 Å². The normalized spacial score (nSPS) is 10.7. The Morgan fingerprint density at radius 2 is 1.47 bits per heavy atom. The Morgan fingerprint density at radius 3 is 2.05 bits per heavy atom. The largest absolute Gasteiger partial charge is 0.399 e. The summed E-state index contributed by atoms with van der Waals surface area (Å²) < 4.78 is 1.84. The van der Waals surface area contributed by atoms with Crippen LogP contribution in [-0.4, -0.2) is 0 Å². The molecule has 19 heavy (non-hydrogen) atoms. The van der Waals surface area contributed by atoms with Crippen molar-refractivity contribution in [3.63, 3.8) is 0 Å². The van der Waals surface area contributed by atoms with E-state index in [0.717, 1.165) is 20.1 Å². The molecule has 0 radical (unpaired) electrons. The standard InChI is InChI=1S/C13H10Br2Cl2N2/c14-9-3-7(18)4-10(15)8(9)1-6-2-12(17)13(19)5-11(6)16/h2-5H,1,18-19H2. The number of nitrogen functional groups attached to an aromatic ring is 2. The number of rotatable bonds is 2. The number of benzene rings is 2. The van der Waals surface area contributed by atoms with Crippen molar-refractivity contribution in [2.75, 3.05) is 11.5 Å². The predicted molar refractivity (Wildman–Crippen MR) is 89.9 cm³/mol. The van der Waals surface area contributed by atoms with E-state index in [1.54, 1.807) is 12.1 Å². The van der Waals surface area contributed by atoms with Crippen LogP contribution >= 0.6 is 55.1 Å². The molecule has 0 aromatic heterocycles. The van der Waals surface area contributed by atoms with Crippen molar-refractivity contribution < 1.29 is 0 Å². The molecule has 0 fully saturated rings. The van der Waals surface area contributed by atoms with Crippen LogP contribution in [0.3, 0.4) is 0 Å². The van der Waals surface area contributed by atoms with Gasteiger partial charge in [0, 0.05) is 26.1 Å². The highest BCUT2D eigenvalue weighted by atomic mass is 79.9. The van der Waals surface area contributed by atoms with Crippen LogP contribution in [0.1, 0.15) is 11.1 Å². The number of hydrogen-bond acceptors (Lipinski definition) is 2. The third kappa shape index (κ3) is 3.37. The molecule has 0 atom stereocenters. The van der Waals surface area contributed by atoms with E-state index < -0.39 is 0 Å². The molecule has 2 aromatic rings. The predicted octanol–water partition coefficient (Wildman–Crippen LogP) is 5.27. The van der Waals surface area contributed by atoms with Crippen LogP contribution in [0.15, 0.2) is 33.2 Å². The van der Waals surface area contributed by atoms with Crippen molar-refractivity contribution >= 4 is 66.4 Å². The van der Waals surface area contributed by atoms with Gasteiger partial charge in [-0.15, -0.1) is 0 Å². The first-order valence-electron chi connectivity index (χ1n) is 5.35. The van der Waals surface area contributed by atoms with Gasteiger partial charge in [-0.25, -0.2) is 0 Å². The first kappa shape index (κ1) is 15.0. The van der Waals surface area contributed by atoms with Crippen LogP contribution in [0, 0.1) is 0 Å². The molecule has 0 amide bonds. The van der Waals surface area contributed by atoms with E-state index in [9.17, 15) is 0 Å². The molecule has 2 aromatic carbocycles. The molecule has 0 aliphatic rings. The molecule has 2 rings (SSSR count). The Morgan fingerprint density at radius 1 is 0.895 bits per heavy atom. The van der Waals surface area contributed by atoms with E-state index in [1.165, 1.54) is 0 Å². The molecule has 0 spiro atoms. The van der Waals surface area contributed by atoms with Gasteiger partial charge in [-0.3, -0.25) is 0 Å². The maximum atomic E-state index is 6.19. The minimum Gasteiger partial charge on any atom is -0.399 e. The van der Waals surface area contributed by atoms with Crippen LogP contribution in [-0.2, 0) is 6.42 Å². The Hall–Kier alpha value is -0.420. The van der Waals surface area contributed by atoms with Crippen LogP contribution in [0.5, 0.6) is 0 Å². The molecule has 0 saturated carbocycles. The minimum absolute atomic E-state index is 0.478. The van der Waals surface area contributed by atoms with Crippen molar-refractivity contribution in [1.29, 1.82) is 0 Å². The molecule has 0 saturated heterocycles. The summed E-state index contributed by atoms with van der Waals surface area (Å²) in [5, 5.41) is 1.10. The highest BCUT2D eigenvalue weighted by molar-refractivity contribution is 9.11. The fourth-order valence-electron chi connectivity index (χ4n) is 1.72. The SMILES string of the molecule is Nc1cc(Br)c(Cc2cc(Cl)c(N)cc2Cl)c(Br)c1. The first-order valence-corrected chi connectivity index (χ1v) is 7.69. The second-order valence-electron chi connectivity index (χ2n) is 4.11. The third-order valence-electron chi connectivity index (χ3n) is 2.70. The summed E-state index contributed by atoms with van der Waals surface area (Å²) in [6.07, 6.45) is 0.625. The molecule has 2 nitrogen and oxygen atoms in total. The quantitative estimate of drug-likeness (QED) is 0.645. The van der Waals surface area contributed by atoms with Crippen LogP contribution in [0.2, 0.25) is 10.0 Å². The molecular weight excluding hydrogens is 415 g/mol. The highest BCUT2D eigenvalue weighted by Gasteiger charge is 2.11. The number of anilines is 2. The summed E-state index contributed by atoms with van der Waals surface area (Å²) in [6, 6.07) is 7.16. The molecule has 0 unspecified atom stereocenters. The van der Waals surface area contributed by atoms with Gasteiger partial charge in [-0.05, 0) is 35.4 Å². The Bertz CT molecular complexity index is 622. The van der Waals surface area contributed by atoms with Gasteiger partial charge in [0.2, 0.25) is 0 Å². The molecule has 0 aliphatic heterocycles. The smallest absolute Gasteiger partial charge is 0.0639 e. The molecule has 0 aliphatic carbocycles. The molecule has 0 heterocycles. The summed E-state index contributed by atoms with van der Waals surface area (Å²) in [5.74, 6) is 0. The van der Waals surface area contributed by atoms with Crippen LogP contribution in [0.25, 0.3) is 0 Å². The molecule has 0 bridgehead atoms. The third-order valence-corrected chi connectivity index (χ3v) is 4.79. The second kappa shape index (κ2) is 5.92. The van der Waals surface area contributed by atoms with Gasteiger partial charge in [0.25, 0.3) is 0 Å². The maximum absolute atomic E-state index is 6.19. The Kier molecular flexibility index (Phi) is 4.66. The second-order valence-corrected chi connectivity index (χ2v) is 6.63. The topological polar surface area (TPSA) is 52.0 Å². The van der Waals surface area contributed by atoms with Crippen molar-refractivity contribution in [3.8, 4) is 0 Å². The fourth-order valence-corrected chi connectivity index (χ4v) is 3.65. The van der Waals surface area contributed by atoms with Gasteiger partial charge in [0.15, 0.2) is 0 Å². The lowest BCUT2D eigenvalue weighted by molar-refractivity contribution is 1.17. The van der Waals surface area contributed by atoms with E-state index in [2.05, 4.69) is 31.9 Å². The van der Waals surface area contributed by atoms with E-state index in [-0.39, 0.29) is 0 Å². The lowest BCUT2D eigenvalue weighted by Gasteiger charge is -2.11. The van der Waals surface area contributed by atoms with Crippen molar-refractivity contribution in [2.45, 2.75) is 6.42 Å². The van der Waals surface area contributed by atoms with Crippen LogP contribution < -0.4 is 11.5 Å². The molecule has 100 valence electrons. The zero-order valence-electron chi connectivity index (χ0n) is 9.68. The summed E-state index contributed by atoms with van der Waals surface area (Å²) in [6.45, 7) is 0. The van der Waals surface area contributed by atoms with Gasteiger partial charge >= 0.3 is 0 Å². The minimum atomic E-state index is 0.478. The molecular formula is C13H10Br2Cl2N2. The average Bonchev–Trinajstić information content (AvgIpc) is 2.29. The lowest BCUT2D eigenvalue weighted by atomic mass is 10.0. The summed E-state index contributed by atoms with van der Waals surface area (Å²) >= 11 is 19.2. The van der Waals surface area contributed by atoms with Gasteiger partial charge in [-0.1, -0.05) is 55.1 Å². The van der Waals surface area contributed by atoms with Crippen molar-refractivity contribution in [2.24, 2.45) is 0 Å². The molecule has 6 heteroatoms. The summed E-state index contributed by atoms with van der Waals surface area (Å²) in [5.41, 5.74) is 14.6. The molecule has 4 N–H and O–H groups in total. The zero-order valence-corrected chi connectivity index (χ0v) is 14.4. The van der Waals surface area contributed by atoms with Gasteiger partial charge in [-0.2, -0.15) is 0 Å². The van der Waals surface area contributed by atoms with E-state index in [4.69, 9.17) is 34.7 Å². The Labute approximate surface area is 138 Å². The van der Waals surface area contributed by atoms with E-state index in [1.807, 2.05) is 12.1 Å². The maximum Gasteiger partial charge on any atom is 0.0639 e. The highest BCUT2D eigenvalue weighted by Crippen LogP contribution is 2.34. The zero-order chi connectivity index (χ0) is 14.2. The number of halogens is 4. The number of nitrogens with two attached hydrogens (primary N) is 2. The van der Waals surface area contributed by atoms with Crippen molar-refractivity contribution in [3.05, 3.63) is 54.4 Å². The fraction of sp³-hybridized carbons (Fsp3) is 0.0769. The monoisotopic (exact) mass is 422 g/mol. The van der Waals surface area contributed by atoms with Crippen molar-refractivity contribution in [1.82, 2.24) is 0 Å². The summed E-state index contributed by atoms with van der Waals surface area (Å²) in [4.78, 5) is 0. The summed E-state index contributed by atoms with van der Waals surface area (Å²) in [7, 11) is 0. The average molecular weight is 425 g/mol. The van der Waals surface area contributed by atoms with E-state index >= 15 is 0 Å². The van der Waals surface area contributed by atoms with Gasteiger partial charge < -0.3 is 11.5 Å². The first-order chi connectivity index (χ1) is 8.88. The lowest BCUT2D eigenvalue weighted by Crippen LogP contribution is -1.96. The van der Waals surface area contributed by atoms with Gasteiger partial charge in [0.1, 0.15) is 0 Å². The van der Waals surface area contributed by atoms with E-state index in [0.29, 0.717) is 27.8 Å². The number of hydrogen-bond donors (Lipinski definition) is 2.